The summed E-state index contributed by atoms with van der Waals surface area (Å²) in [6.07, 6.45) is 4.22. The van der Waals surface area contributed by atoms with Gasteiger partial charge in [0.15, 0.2) is 0 Å². The quantitative estimate of drug-likeness (QED) is 0.917. The standard InChI is InChI=1S/C17H23N3S/c1-12(17-19-15-4-2-3-5-16(15)21-17)18-10-13-8-9-20(11-13)14-6-7-14/h2-5,12-14,18H,6-11H2,1H3. The van der Waals surface area contributed by atoms with Gasteiger partial charge in [-0.3, -0.25) is 0 Å². The van der Waals surface area contributed by atoms with Gasteiger partial charge in [0.1, 0.15) is 5.01 Å². The maximum atomic E-state index is 4.76. The monoisotopic (exact) mass is 301 g/mol. The average molecular weight is 301 g/mol. The second-order valence-corrected chi connectivity index (χ2v) is 7.59. The molecule has 21 heavy (non-hydrogen) atoms. The van der Waals surface area contributed by atoms with E-state index >= 15 is 0 Å². The lowest BCUT2D eigenvalue weighted by Gasteiger charge is -2.17. The third kappa shape index (κ3) is 2.98. The fourth-order valence-corrected chi connectivity index (χ4v) is 4.30. The Balaban J connectivity index is 1.34. The van der Waals surface area contributed by atoms with Crippen molar-refractivity contribution >= 4 is 21.6 Å². The second kappa shape index (κ2) is 5.67. The van der Waals surface area contributed by atoms with E-state index in [1.54, 1.807) is 0 Å². The molecule has 1 aromatic heterocycles. The smallest absolute Gasteiger partial charge is 0.111 e. The average Bonchev–Trinajstić information content (AvgIpc) is 3.09. The minimum atomic E-state index is 0.359. The van der Waals surface area contributed by atoms with Crippen molar-refractivity contribution in [3.63, 3.8) is 0 Å². The molecule has 1 saturated carbocycles. The van der Waals surface area contributed by atoms with Crippen LogP contribution in [0.15, 0.2) is 24.3 Å². The number of hydrogen-bond donors (Lipinski definition) is 1. The topological polar surface area (TPSA) is 28.2 Å². The molecule has 2 unspecified atom stereocenters. The van der Waals surface area contributed by atoms with Gasteiger partial charge in [0, 0.05) is 12.6 Å². The van der Waals surface area contributed by atoms with Crippen molar-refractivity contribution in [3.8, 4) is 0 Å². The zero-order valence-corrected chi connectivity index (χ0v) is 13.4. The summed E-state index contributed by atoms with van der Waals surface area (Å²) in [6.45, 7) is 5.97. The van der Waals surface area contributed by atoms with Crippen molar-refractivity contribution in [2.45, 2.75) is 38.3 Å². The largest absolute Gasteiger partial charge is 0.308 e. The van der Waals surface area contributed by atoms with E-state index < -0.39 is 0 Å². The summed E-state index contributed by atoms with van der Waals surface area (Å²) in [5.41, 5.74) is 1.13. The third-order valence-corrected chi connectivity index (χ3v) is 5.99. The molecule has 1 N–H and O–H groups in total. The van der Waals surface area contributed by atoms with Crippen molar-refractivity contribution in [1.29, 1.82) is 0 Å². The number of rotatable bonds is 5. The zero-order chi connectivity index (χ0) is 14.2. The fourth-order valence-electron chi connectivity index (χ4n) is 3.31. The Morgan fingerprint density at radius 1 is 1.33 bits per heavy atom. The van der Waals surface area contributed by atoms with Gasteiger partial charge < -0.3 is 10.2 Å². The molecule has 1 aliphatic heterocycles. The van der Waals surface area contributed by atoms with Crippen LogP contribution in [0, 0.1) is 5.92 Å². The molecular formula is C17H23N3S. The van der Waals surface area contributed by atoms with Gasteiger partial charge in [0.2, 0.25) is 0 Å². The first-order valence-electron chi connectivity index (χ1n) is 8.12. The van der Waals surface area contributed by atoms with E-state index in [-0.39, 0.29) is 0 Å². The van der Waals surface area contributed by atoms with E-state index in [0.29, 0.717) is 6.04 Å². The summed E-state index contributed by atoms with van der Waals surface area (Å²) in [7, 11) is 0. The van der Waals surface area contributed by atoms with Gasteiger partial charge in [0.05, 0.1) is 16.3 Å². The number of para-hydroxylation sites is 1. The summed E-state index contributed by atoms with van der Waals surface area (Å²) in [4.78, 5) is 7.45. The highest BCUT2D eigenvalue weighted by molar-refractivity contribution is 7.18. The third-order valence-electron chi connectivity index (χ3n) is 4.77. The van der Waals surface area contributed by atoms with Crippen LogP contribution >= 0.6 is 11.3 Å². The highest BCUT2D eigenvalue weighted by Gasteiger charge is 2.34. The SMILES string of the molecule is CC(NCC1CCN(C2CC2)C1)c1nc2ccccc2s1. The van der Waals surface area contributed by atoms with E-state index in [0.717, 1.165) is 24.0 Å². The van der Waals surface area contributed by atoms with E-state index in [4.69, 9.17) is 4.98 Å². The number of aromatic nitrogens is 1. The Kier molecular flexibility index (Phi) is 3.69. The number of nitrogens with zero attached hydrogens (tertiary/aromatic N) is 2. The molecule has 2 atom stereocenters. The molecule has 2 fully saturated rings. The van der Waals surface area contributed by atoms with Crippen LogP contribution < -0.4 is 5.32 Å². The molecule has 112 valence electrons. The van der Waals surface area contributed by atoms with Crippen LogP contribution in [0.3, 0.4) is 0 Å². The van der Waals surface area contributed by atoms with Gasteiger partial charge in [-0.1, -0.05) is 12.1 Å². The fraction of sp³-hybridized carbons (Fsp3) is 0.588. The summed E-state index contributed by atoms with van der Waals surface area (Å²) in [6, 6.07) is 9.71. The lowest BCUT2D eigenvalue weighted by Crippen LogP contribution is -2.29. The van der Waals surface area contributed by atoms with Gasteiger partial charge in [-0.05, 0) is 57.3 Å². The Hall–Kier alpha value is -0.970. The summed E-state index contributed by atoms with van der Waals surface area (Å²) < 4.78 is 1.29. The van der Waals surface area contributed by atoms with Gasteiger partial charge in [-0.15, -0.1) is 11.3 Å². The van der Waals surface area contributed by atoms with Gasteiger partial charge in [-0.2, -0.15) is 0 Å². The number of fused-ring (bicyclic) bond motifs is 1. The lowest BCUT2D eigenvalue weighted by atomic mass is 10.1. The first kappa shape index (κ1) is 13.7. The summed E-state index contributed by atoms with van der Waals surface area (Å²) in [5, 5.41) is 4.92. The van der Waals surface area contributed by atoms with Crippen LogP contribution in [0.2, 0.25) is 0 Å². The predicted molar refractivity (Wildman–Crippen MR) is 88.7 cm³/mol. The molecule has 0 amide bonds. The van der Waals surface area contributed by atoms with Crippen LogP contribution in [0.4, 0.5) is 0 Å². The Morgan fingerprint density at radius 2 is 2.19 bits per heavy atom. The Morgan fingerprint density at radius 3 is 3.00 bits per heavy atom. The van der Waals surface area contributed by atoms with E-state index in [2.05, 4.69) is 41.4 Å². The maximum Gasteiger partial charge on any atom is 0.111 e. The second-order valence-electron chi connectivity index (χ2n) is 6.53. The summed E-state index contributed by atoms with van der Waals surface area (Å²) >= 11 is 1.82. The molecular weight excluding hydrogens is 278 g/mol. The Bertz CT molecular complexity index is 586. The number of benzene rings is 1. The van der Waals surface area contributed by atoms with Crippen molar-refractivity contribution in [1.82, 2.24) is 15.2 Å². The van der Waals surface area contributed by atoms with Crippen molar-refractivity contribution in [2.24, 2.45) is 5.92 Å². The maximum absolute atomic E-state index is 4.76. The molecule has 1 aliphatic carbocycles. The molecule has 4 heteroatoms. The van der Waals surface area contributed by atoms with Crippen molar-refractivity contribution in [2.75, 3.05) is 19.6 Å². The first-order valence-corrected chi connectivity index (χ1v) is 8.94. The molecule has 2 aliphatic rings. The van der Waals surface area contributed by atoms with Crippen LogP contribution in [0.5, 0.6) is 0 Å². The lowest BCUT2D eigenvalue weighted by molar-refractivity contribution is 0.310. The minimum absolute atomic E-state index is 0.359. The molecule has 2 aromatic rings. The Labute approximate surface area is 130 Å². The predicted octanol–water partition coefficient (Wildman–Crippen LogP) is 3.43. The first-order chi connectivity index (χ1) is 10.3. The molecule has 0 radical (unpaired) electrons. The van der Waals surface area contributed by atoms with Crippen LogP contribution in [0.1, 0.15) is 37.2 Å². The molecule has 2 heterocycles. The van der Waals surface area contributed by atoms with Gasteiger partial charge in [-0.25, -0.2) is 4.98 Å². The normalized spacial score (nSPS) is 24.7. The number of likely N-dealkylation sites (tertiary alicyclic amines) is 1. The van der Waals surface area contributed by atoms with Crippen molar-refractivity contribution in [3.05, 3.63) is 29.3 Å². The van der Waals surface area contributed by atoms with E-state index in [9.17, 15) is 0 Å². The van der Waals surface area contributed by atoms with Crippen LogP contribution in [0.25, 0.3) is 10.2 Å². The number of hydrogen-bond acceptors (Lipinski definition) is 4. The van der Waals surface area contributed by atoms with Gasteiger partial charge in [0.25, 0.3) is 0 Å². The molecule has 1 aromatic carbocycles. The molecule has 0 bridgehead atoms. The zero-order valence-electron chi connectivity index (χ0n) is 12.6. The van der Waals surface area contributed by atoms with E-state index in [1.165, 1.54) is 42.1 Å². The van der Waals surface area contributed by atoms with Gasteiger partial charge >= 0.3 is 0 Å². The molecule has 3 nitrogen and oxygen atoms in total. The minimum Gasteiger partial charge on any atom is -0.308 e. The highest BCUT2D eigenvalue weighted by Crippen LogP contribution is 2.32. The highest BCUT2D eigenvalue weighted by atomic mass is 32.1. The number of nitrogens with one attached hydrogen (secondary N) is 1. The molecule has 4 rings (SSSR count). The molecule has 0 spiro atoms. The van der Waals surface area contributed by atoms with Crippen molar-refractivity contribution < 1.29 is 0 Å². The van der Waals surface area contributed by atoms with E-state index in [1.807, 2.05) is 11.3 Å². The van der Waals surface area contributed by atoms with Crippen LogP contribution in [-0.2, 0) is 0 Å². The van der Waals surface area contributed by atoms with Crippen LogP contribution in [-0.4, -0.2) is 35.6 Å². The number of thiazole rings is 1. The summed E-state index contributed by atoms with van der Waals surface area (Å²) in [5.74, 6) is 0.822. The molecule has 1 saturated heterocycles.